The Labute approximate surface area is 174 Å². The molecule has 0 radical (unpaired) electrons. The lowest BCUT2D eigenvalue weighted by atomic mass is 10.0. The quantitative estimate of drug-likeness (QED) is 0.495. The van der Waals surface area contributed by atoms with Gasteiger partial charge in [-0.3, -0.25) is 10.3 Å². The Kier molecular flexibility index (Phi) is 6.59. The molecule has 0 aliphatic rings. The number of aromatic nitrogens is 1. The largest absolute Gasteiger partial charge is 0.503 e. The second-order valence-electron chi connectivity index (χ2n) is 6.53. The van der Waals surface area contributed by atoms with Gasteiger partial charge in [-0.1, -0.05) is 41.9 Å². The van der Waals surface area contributed by atoms with E-state index >= 15 is 0 Å². The van der Waals surface area contributed by atoms with Gasteiger partial charge in [-0.15, -0.1) is 0 Å². The second kappa shape index (κ2) is 9.13. The number of hydrogen-bond donors (Lipinski definition) is 3. The zero-order valence-corrected chi connectivity index (χ0v) is 17.1. The number of ether oxygens (including phenoxy) is 2. The Morgan fingerprint density at radius 3 is 2.41 bits per heavy atom. The van der Waals surface area contributed by atoms with Gasteiger partial charge in [-0.2, -0.15) is 0 Å². The lowest BCUT2D eigenvalue weighted by Gasteiger charge is -2.20. The van der Waals surface area contributed by atoms with Gasteiger partial charge in [0.15, 0.2) is 11.5 Å². The Bertz CT molecular complexity index is 982. The normalized spacial score (nSPS) is 13.0. The molecular formula is C22H23ClN2O4. The van der Waals surface area contributed by atoms with Crippen LogP contribution in [0.1, 0.15) is 30.3 Å². The predicted octanol–water partition coefficient (Wildman–Crippen LogP) is 4.47. The molecule has 29 heavy (non-hydrogen) atoms. The molecule has 0 aliphatic heterocycles. The number of nitrogens with one attached hydrogen (secondary N) is 1. The minimum atomic E-state index is -0.940. The minimum Gasteiger partial charge on any atom is -0.503 e. The lowest BCUT2D eigenvalue weighted by molar-refractivity contribution is 0.126. The Hall–Kier alpha value is -2.80. The molecule has 0 fully saturated rings. The second-order valence-corrected chi connectivity index (χ2v) is 6.91. The summed E-state index contributed by atoms with van der Waals surface area (Å²) in [5.74, 6) is 0.278. The van der Waals surface area contributed by atoms with Crippen molar-refractivity contribution in [1.29, 1.82) is 0 Å². The van der Waals surface area contributed by atoms with Gasteiger partial charge < -0.3 is 19.7 Å². The van der Waals surface area contributed by atoms with Crippen molar-refractivity contribution in [2.75, 3.05) is 14.2 Å². The first-order valence-electron chi connectivity index (χ1n) is 9.04. The molecule has 2 atom stereocenters. The summed E-state index contributed by atoms with van der Waals surface area (Å²) in [6.45, 7) is 1.97. The number of phenolic OH excluding ortho intramolecular Hbond substituents is 1. The van der Waals surface area contributed by atoms with E-state index in [1.165, 1.54) is 14.2 Å². The van der Waals surface area contributed by atoms with E-state index in [1.807, 2.05) is 37.3 Å². The van der Waals surface area contributed by atoms with Crippen molar-refractivity contribution < 1.29 is 19.7 Å². The smallest absolute Gasteiger partial charge is 0.204 e. The first-order chi connectivity index (χ1) is 14.0. The van der Waals surface area contributed by atoms with Crippen molar-refractivity contribution in [2.45, 2.75) is 19.2 Å². The summed E-state index contributed by atoms with van der Waals surface area (Å²) >= 11 is 6.35. The van der Waals surface area contributed by atoms with Crippen LogP contribution in [0, 0.1) is 0 Å². The highest BCUT2D eigenvalue weighted by molar-refractivity contribution is 6.35. The number of halogens is 1. The number of aromatic hydroxyl groups is 1. The van der Waals surface area contributed by atoms with Crippen LogP contribution in [0.3, 0.4) is 0 Å². The molecule has 0 saturated carbocycles. The van der Waals surface area contributed by atoms with Crippen molar-refractivity contribution in [3.8, 4) is 28.4 Å². The van der Waals surface area contributed by atoms with Crippen LogP contribution in [0.4, 0.5) is 0 Å². The molecule has 1 unspecified atom stereocenters. The van der Waals surface area contributed by atoms with Gasteiger partial charge in [0.2, 0.25) is 5.75 Å². The van der Waals surface area contributed by atoms with E-state index in [0.29, 0.717) is 22.4 Å². The molecule has 0 saturated heterocycles. The minimum absolute atomic E-state index is 0.0661. The van der Waals surface area contributed by atoms with Crippen molar-refractivity contribution in [2.24, 2.45) is 0 Å². The summed E-state index contributed by atoms with van der Waals surface area (Å²) < 4.78 is 10.4. The van der Waals surface area contributed by atoms with E-state index < -0.39 is 6.23 Å². The van der Waals surface area contributed by atoms with E-state index in [4.69, 9.17) is 21.1 Å². The summed E-state index contributed by atoms with van der Waals surface area (Å²) in [6, 6.07) is 13.2. The monoisotopic (exact) mass is 414 g/mol. The molecule has 0 aliphatic carbocycles. The number of nitrogens with zero attached hydrogens (tertiary/aromatic N) is 1. The fourth-order valence-corrected chi connectivity index (χ4v) is 3.34. The fraction of sp³-hybridized carbons (Fsp3) is 0.227. The molecule has 1 aromatic heterocycles. The summed E-state index contributed by atoms with van der Waals surface area (Å²) in [6.07, 6.45) is 2.24. The summed E-state index contributed by atoms with van der Waals surface area (Å²) in [5.41, 5.74) is 2.76. The standard InChI is InChI=1S/C22H23ClN2O4/c1-13(14-7-5-4-6-8-14)25-22(27)16-9-15(11-24-12-16)17-10-18(28-2)21(29-3)20(26)19(17)23/h4-13,22,25-27H,1-3H3/t13-,22?/m1/s1. The van der Waals surface area contributed by atoms with Crippen LogP contribution in [0.25, 0.3) is 11.1 Å². The number of aliphatic hydroxyl groups is 1. The number of phenols is 1. The van der Waals surface area contributed by atoms with Crippen LogP contribution in [0.5, 0.6) is 17.2 Å². The van der Waals surface area contributed by atoms with E-state index in [-0.39, 0.29) is 22.6 Å². The zero-order chi connectivity index (χ0) is 21.0. The highest BCUT2D eigenvalue weighted by atomic mass is 35.5. The van der Waals surface area contributed by atoms with Gasteiger partial charge in [0.25, 0.3) is 0 Å². The van der Waals surface area contributed by atoms with Crippen LogP contribution < -0.4 is 14.8 Å². The molecule has 0 spiro atoms. The zero-order valence-electron chi connectivity index (χ0n) is 16.4. The molecule has 2 aromatic carbocycles. The SMILES string of the molecule is COc1cc(-c2cncc(C(O)N[C@H](C)c3ccccc3)c2)c(Cl)c(O)c1OC. The van der Waals surface area contributed by atoms with E-state index in [9.17, 15) is 10.2 Å². The first-order valence-corrected chi connectivity index (χ1v) is 9.41. The molecule has 0 amide bonds. The number of benzene rings is 2. The van der Waals surface area contributed by atoms with Crippen molar-refractivity contribution in [3.63, 3.8) is 0 Å². The van der Waals surface area contributed by atoms with E-state index in [0.717, 1.165) is 5.56 Å². The summed E-state index contributed by atoms with van der Waals surface area (Å²) in [5, 5.41) is 24.3. The van der Waals surface area contributed by atoms with Gasteiger partial charge in [0, 0.05) is 35.1 Å². The highest BCUT2D eigenvalue weighted by Gasteiger charge is 2.20. The maximum Gasteiger partial charge on any atom is 0.204 e. The molecule has 3 aromatic rings. The number of rotatable bonds is 7. The third-order valence-corrected chi connectivity index (χ3v) is 5.06. The van der Waals surface area contributed by atoms with Crippen LogP contribution in [-0.2, 0) is 0 Å². The van der Waals surface area contributed by atoms with Crippen molar-refractivity contribution in [1.82, 2.24) is 10.3 Å². The number of methoxy groups -OCH3 is 2. The number of hydrogen-bond acceptors (Lipinski definition) is 6. The Morgan fingerprint density at radius 1 is 1.03 bits per heavy atom. The predicted molar refractivity (Wildman–Crippen MR) is 112 cm³/mol. The van der Waals surface area contributed by atoms with Crippen molar-refractivity contribution >= 4 is 11.6 Å². The van der Waals surface area contributed by atoms with Gasteiger partial charge in [-0.05, 0) is 24.6 Å². The Morgan fingerprint density at radius 2 is 1.76 bits per heavy atom. The van der Waals surface area contributed by atoms with Crippen molar-refractivity contribution in [3.05, 3.63) is 71.0 Å². The molecule has 152 valence electrons. The molecule has 3 rings (SSSR count). The van der Waals surface area contributed by atoms with Crippen LogP contribution in [-0.4, -0.2) is 29.4 Å². The fourth-order valence-electron chi connectivity index (χ4n) is 3.09. The third-order valence-electron chi connectivity index (χ3n) is 4.68. The van der Waals surface area contributed by atoms with Gasteiger partial charge in [0.1, 0.15) is 6.23 Å². The van der Waals surface area contributed by atoms with E-state index in [2.05, 4.69) is 10.3 Å². The van der Waals surface area contributed by atoms with Gasteiger partial charge in [-0.25, -0.2) is 0 Å². The molecule has 7 heteroatoms. The molecule has 3 N–H and O–H groups in total. The maximum atomic E-state index is 10.7. The molecule has 6 nitrogen and oxygen atoms in total. The summed E-state index contributed by atoms with van der Waals surface area (Å²) in [4.78, 5) is 4.22. The first kappa shape index (κ1) is 20.9. The highest BCUT2D eigenvalue weighted by Crippen LogP contribution is 2.47. The van der Waals surface area contributed by atoms with Crippen LogP contribution >= 0.6 is 11.6 Å². The third kappa shape index (κ3) is 4.45. The van der Waals surface area contributed by atoms with Gasteiger partial charge in [0.05, 0.1) is 19.2 Å². The number of aliphatic hydroxyl groups excluding tert-OH is 1. The lowest BCUT2D eigenvalue weighted by Crippen LogP contribution is -2.24. The van der Waals surface area contributed by atoms with E-state index in [1.54, 1.807) is 24.5 Å². The topological polar surface area (TPSA) is 83.8 Å². The molecule has 0 bridgehead atoms. The summed E-state index contributed by atoms with van der Waals surface area (Å²) in [7, 11) is 2.90. The van der Waals surface area contributed by atoms with Crippen LogP contribution in [0.2, 0.25) is 5.02 Å². The van der Waals surface area contributed by atoms with Crippen LogP contribution in [0.15, 0.2) is 54.9 Å². The molecular weight excluding hydrogens is 392 g/mol. The molecule has 1 heterocycles. The average molecular weight is 415 g/mol. The number of pyridine rings is 1. The van der Waals surface area contributed by atoms with Gasteiger partial charge >= 0.3 is 0 Å². The maximum absolute atomic E-state index is 10.7. The average Bonchev–Trinajstić information content (AvgIpc) is 2.76. The Balaban J connectivity index is 1.91.